The summed E-state index contributed by atoms with van der Waals surface area (Å²) in [5.41, 5.74) is 4.14. The number of nitrogens with one attached hydrogen (secondary N) is 2. The fourth-order valence-electron chi connectivity index (χ4n) is 6.44. The molecule has 1 fully saturated rings. The molecule has 0 aromatic heterocycles. The summed E-state index contributed by atoms with van der Waals surface area (Å²) in [5.74, 6) is 1.47. The van der Waals surface area contributed by atoms with Gasteiger partial charge in [-0.3, -0.25) is 19.8 Å². The number of thioether (sulfide) groups is 1. The van der Waals surface area contributed by atoms with E-state index in [0.29, 0.717) is 25.5 Å². The third-order valence-corrected chi connectivity index (χ3v) is 11.5. The summed E-state index contributed by atoms with van der Waals surface area (Å²) < 4.78 is 40.0. The monoisotopic (exact) mass is 795 g/mol. The molecule has 6 rings (SSSR count). The zero-order valence-electron chi connectivity index (χ0n) is 31.3. The zero-order chi connectivity index (χ0) is 39.5. The minimum Gasteiger partial charge on any atom is -0.494 e. The van der Waals surface area contributed by atoms with E-state index in [1.54, 1.807) is 36.0 Å². The number of rotatable bonds is 17. The fraction of sp³-hybridized carbons (Fsp3) is 0.262. The fourth-order valence-corrected chi connectivity index (χ4v) is 8.22. The molecule has 0 saturated carbocycles. The molecule has 1 heterocycles. The molecule has 0 spiro atoms. The van der Waals surface area contributed by atoms with Gasteiger partial charge in [0.05, 0.1) is 23.0 Å². The first-order valence-electron chi connectivity index (χ1n) is 18.5. The van der Waals surface area contributed by atoms with Crippen LogP contribution >= 0.6 is 11.8 Å². The topological polar surface area (TPSA) is 143 Å². The summed E-state index contributed by atoms with van der Waals surface area (Å²) in [4.78, 5) is 29.6. The highest BCUT2D eigenvalue weighted by atomic mass is 32.2. The maximum atomic E-state index is 13.2. The second-order valence-corrected chi connectivity index (χ2v) is 15.9. The van der Waals surface area contributed by atoms with E-state index in [0.717, 1.165) is 77.6 Å². The number of anilines is 2. The van der Waals surface area contributed by atoms with Crippen LogP contribution in [0.4, 0.5) is 17.1 Å². The van der Waals surface area contributed by atoms with Gasteiger partial charge in [-0.1, -0.05) is 30.3 Å². The van der Waals surface area contributed by atoms with Gasteiger partial charge < -0.3 is 19.7 Å². The molecule has 292 valence electrons. The molecule has 1 aliphatic rings. The average Bonchev–Trinajstić information content (AvgIpc) is 3.20. The van der Waals surface area contributed by atoms with Crippen LogP contribution in [0, 0.1) is 10.1 Å². The van der Waals surface area contributed by atoms with E-state index in [2.05, 4.69) is 44.1 Å². The number of hydrogen-bond donors (Lipinski definition) is 2. The molecule has 2 N–H and O–H groups in total. The molecule has 0 unspecified atom stereocenters. The van der Waals surface area contributed by atoms with E-state index < -0.39 is 26.5 Å². The van der Waals surface area contributed by atoms with Gasteiger partial charge in [0.1, 0.15) is 17.2 Å². The number of nitro benzene ring substituents is 1. The van der Waals surface area contributed by atoms with Crippen LogP contribution in [-0.2, 0) is 16.6 Å². The van der Waals surface area contributed by atoms with E-state index >= 15 is 0 Å². The Kier molecular flexibility index (Phi) is 13.5. The standard InChI is InChI=1S/C42H45N5O7S2/c1-3-53-36-10-8-9-33(27-36)34-25-31(26-37(28-34)54-4-2)30-45-20-22-46(23-21-45)35-15-13-32(14-16-35)42(48)44-56(51,52)39-17-18-40(41(29-39)47(49)50)43-19-24-55-38-11-6-5-7-12-38/h5-18,25-29,43H,3-4,19-24,30H2,1-2H3,(H,44,48). The van der Waals surface area contributed by atoms with E-state index in [4.69, 9.17) is 9.47 Å². The van der Waals surface area contributed by atoms with Gasteiger partial charge in [0, 0.05) is 67.2 Å². The molecule has 1 saturated heterocycles. The number of sulfonamides is 1. The molecule has 56 heavy (non-hydrogen) atoms. The first-order valence-corrected chi connectivity index (χ1v) is 20.9. The van der Waals surface area contributed by atoms with Crippen molar-refractivity contribution >= 4 is 44.8 Å². The highest BCUT2D eigenvalue weighted by Gasteiger charge is 2.24. The van der Waals surface area contributed by atoms with Gasteiger partial charge in [0.2, 0.25) is 0 Å². The summed E-state index contributed by atoms with van der Waals surface area (Å²) >= 11 is 1.59. The normalized spacial score (nSPS) is 13.2. The number of hydrogen-bond acceptors (Lipinski definition) is 11. The lowest BCUT2D eigenvalue weighted by atomic mass is 10.0. The van der Waals surface area contributed by atoms with Gasteiger partial charge in [0.25, 0.3) is 21.6 Å². The SMILES string of the molecule is CCOc1cccc(-c2cc(CN3CCN(c4ccc(C(=O)NS(=O)(=O)c5ccc(NCCSc6ccccc6)c([N+](=O)[O-])c5)cc4)CC3)cc(OCC)c2)c1. The number of nitrogens with zero attached hydrogens (tertiary/aromatic N) is 3. The molecule has 0 radical (unpaired) electrons. The highest BCUT2D eigenvalue weighted by molar-refractivity contribution is 7.99. The Morgan fingerprint density at radius 1 is 0.804 bits per heavy atom. The molecular weight excluding hydrogens is 751 g/mol. The van der Waals surface area contributed by atoms with Crippen molar-refractivity contribution in [2.75, 3.05) is 61.9 Å². The van der Waals surface area contributed by atoms with E-state index in [1.165, 1.54) is 12.1 Å². The van der Waals surface area contributed by atoms with E-state index in [-0.39, 0.29) is 16.1 Å². The zero-order valence-corrected chi connectivity index (χ0v) is 33.0. The van der Waals surface area contributed by atoms with Crippen LogP contribution in [0.5, 0.6) is 11.5 Å². The lowest BCUT2D eigenvalue weighted by Gasteiger charge is -2.36. The summed E-state index contributed by atoms with van der Waals surface area (Å²) in [6.45, 7) is 9.48. The van der Waals surface area contributed by atoms with Crippen LogP contribution in [-0.4, -0.2) is 75.8 Å². The van der Waals surface area contributed by atoms with Crippen LogP contribution in [0.25, 0.3) is 11.1 Å². The predicted molar refractivity (Wildman–Crippen MR) is 222 cm³/mol. The van der Waals surface area contributed by atoms with Gasteiger partial charge in [0.15, 0.2) is 0 Å². The molecule has 1 aliphatic heterocycles. The third kappa shape index (κ3) is 10.6. The Hall–Kier alpha value is -5.57. The Morgan fingerprint density at radius 2 is 1.52 bits per heavy atom. The largest absolute Gasteiger partial charge is 0.494 e. The quantitative estimate of drug-likeness (QED) is 0.0414. The molecule has 0 bridgehead atoms. The summed E-state index contributed by atoms with van der Waals surface area (Å²) in [5, 5.41) is 14.9. The first-order chi connectivity index (χ1) is 27.1. The summed E-state index contributed by atoms with van der Waals surface area (Å²) in [7, 11) is -4.40. The van der Waals surface area contributed by atoms with Crippen LogP contribution in [0.3, 0.4) is 0 Å². The maximum absolute atomic E-state index is 13.2. The van der Waals surface area contributed by atoms with Crippen LogP contribution in [0.15, 0.2) is 125 Å². The summed E-state index contributed by atoms with van der Waals surface area (Å²) in [6.07, 6.45) is 0. The number of carbonyl (C=O) groups is 1. The molecule has 14 heteroatoms. The Balaban J connectivity index is 1.03. The van der Waals surface area contributed by atoms with Crippen molar-refractivity contribution in [1.29, 1.82) is 0 Å². The predicted octanol–water partition coefficient (Wildman–Crippen LogP) is 7.70. The van der Waals surface area contributed by atoms with Crippen molar-refractivity contribution in [3.8, 4) is 22.6 Å². The van der Waals surface area contributed by atoms with Crippen molar-refractivity contribution in [2.24, 2.45) is 0 Å². The molecule has 5 aromatic carbocycles. The number of carbonyl (C=O) groups excluding carboxylic acids is 1. The smallest absolute Gasteiger partial charge is 0.293 e. The molecular formula is C42H45N5O7S2. The number of amides is 1. The van der Waals surface area contributed by atoms with Gasteiger partial charge >= 0.3 is 0 Å². The molecule has 0 atom stereocenters. The van der Waals surface area contributed by atoms with Crippen LogP contribution in [0.2, 0.25) is 0 Å². The van der Waals surface area contributed by atoms with Crippen molar-refractivity contribution in [1.82, 2.24) is 9.62 Å². The van der Waals surface area contributed by atoms with Gasteiger partial charge in [-0.15, -0.1) is 11.8 Å². The van der Waals surface area contributed by atoms with Gasteiger partial charge in [-0.25, -0.2) is 13.1 Å². The number of benzene rings is 5. The van der Waals surface area contributed by atoms with Crippen molar-refractivity contribution in [3.63, 3.8) is 0 Å². The second kappa shape index (κ2) is 18.8. The molecule has 12 nitrogen and oxygen atoms in total. The van der Waals surface area contributed by atoms with Gasteiger partial charge in [-0.05, 0) is 109 Å². The number of nitro groups is 1. The number of piperazine rings is 1. The lowest BCUT2D eigenvalue weighted by Crippen LogP contribution is -2.46. The maximum Gasteiger partial charge on any atom is 0.293 e. The molecule has 0 aliphatic carbocycles. The Morgan fingerprint density at radius 3 is 2.23 bits per heavy atom. The number of ether oxygens (including phenoxy) is 2. The minimum absolute atomic E-state index is 0.149. The van der Waals surface area contributed by atoms with Gasteiger partial charge in [-0.2, -0.15) is 0 Å². The van der Waals surface area contributed by atoms with Crippen LogP contribution in [0.1, 0.15) is 29.8 Å². The van der Waals surface area contributed by atoms with Crippen molar-refractivity contribution in [3.05, 3.63) is 137 Å². The molecule has 1 amide bonds. The second-order valence-electron chi connectivity index (χ2n) is 13.0. The van der Waals surface area contributed by atoms with Crippen LogP contribution < -0.4 is 24.4 Å². The van der Waals surface area contributed by atoms with E-state index in [9.17, 15) is 23.3 Å². The summed E-state index contributed by atoms with van der Waals surface area (Å²) in [6, 6.07) is 34.5. The average molecular weight is 796 g/mol. The highest BCUT2D eigenvalue weighted by Crippen LogP contribution is 2.31. The Bertz CT molecular complexity index is 2230. The Labute approximate surface area is 332 Å². The molecule has 5 aromatic rings. The lowest BCUT2D eigenvalue weighted by molar-refractivity contribution is -0.384. The van der Waals surface area contributed by atoms with Crippen molar-refractivity contribution in [2.45, 2.75) is 30.2 Å². The minimum atomic E-state index is -4.40. The third-order valence-electron chi connectivity index (χ3n) is 9.16. The van der Waals surface area contributed by atoms with Crippen molar-refractivity contribution < 1.29 is 27.6 Å². The van der Waals surface area contributed by atoms with E-state index in [1.807, 2.05) is 62.4 Å². The first kappa shape index (κ1) is 40.1.